The summed E-state index contributed by atoms with van der Waals surface area (Å²) in [6.45, 7) is 19.7. The van der Waals surface area contributed by atoms with Gasteiger partial charge in [0.25, 0.3) is 0 Å². The minimum atomic E-state index is -0.241. The molecule has 0 spiro atoms. The number of allylic oxidation sites excluding steroid dienone is 2. The van der Waals surface area contributed by atoms with E-state index in [0.29, 0.717) is 5.15 Å². The molecule has 0 saturated carbocycles. The lowest BCUT2D eigenvalue weighted by atomic mass is 9.81. The van der Waals surface area contributed by atoms with Crippen LogP contribution in [0.1, 0.15) is 47.2 Å². The summed E-state index contributed by atoms with van der Waals surface area (Å²) >= 11 is 12.4. The third kappa shape index (κ3) is 7.70. The van der Waals surface area contributed by atoms with E-state index >= 15 is 0 Å². The predicted octanol–water partition coefficient (Wildman–Crippen LogP) is 8.67. The number of benzene rings is 2. The average molecular weight is 661 g/mol. The van der Waals surface area contributed by atoms with Gasteiger partial charge in [-0.2, -0.15) is 0 Å². The highest BCUT2D eigenvalue weighted by atomic mass is 79.9. The number of fused-ring (bicyclic) bond motifs is 2. The van der Waals surface area contributed by atoms with Gasteiger partial charge in [0.1, 0.15) is 5.15 Å². The summed E-state index contributed by atoms with van der Waals surface area (Å²) in [5.74, 6) is 0. The Hall–Kier alpha value is -2.17. The van der Waals surface area contributed by atoms with Crippen LogP contribution >= 0.6 is 43.5 Å². The van der Waals surface area contributed by atoms with Crippen LogP contribution in [0.3, 0.4) is 0 Å². The lowest BCUT2D eigenvalue weighted by molar-refractivity contribution is 0.00578. The number of hydrogen-bond acceptors (Lipinski definition) is 6. The fraction of sp³-hybridized carbons (Fsp3) is 0.286. The summed E-state index contributed by atoms with van der Waals surface area (Å²) < 4.78 is 13.4. The van der Waals surface area contributed by atoms with Crippen molar-refractivity contribution in [1.29, 1.82) is 0 Å². The fourth-order valence-corrected chi connectivity index (χ4v) is 4.03. The fourth-order valence-electron chi connectivity index (χ4n) is 3.20. The minimum absolute atomic E-state index is 0.239. The van der Waals surface area contributed by atoms with Gasteiger partial charge in [0.15, 0.2) is 0 Å². The second kappa shape index (κ2) is 12.3. The zero-order valence-electron chi connectivity index (χ0n) is 22.3. The highest BCUT2D eigenvalue weighted by Crippen LogP contribution is 2.38. The van der Waals surface area contributed by atoms with E-state index in [9.17, 15) is 0 Å². The van der Waals surface area contributed by atoms with Gasteiger partial charge in [-0.15, -0.1) is 6.58 Å². The van der Waals surface area contributed by atoms with Gasteiger partial charge in [0, 0.05) is 8.95 Å². The smallest absolute Gasteiger partial charge is 0.400 e. The molecule has 2 aromatic carbocycles. The maximum absolute atomic E-state index is 5.70. The Kier molecular flexibility index (Phi) is 9.87. The Labute approximate surface area is 246 Å². The highest BCUT2D eigenvalue weighted by Gasteiger charge is 2.51. The van der Waals surface area contributed by atoms with Crippen molar-refractivity contribution in [2.24, 2.45) is 0 Å². The highest BCUT2D eigenvalue weighted by molar-refractivity contribution is 9.10. The number of aromatic nitrogens is 4. The van der Waals surface area contributed by atoms with Crippen LogP contribution in [0.25, 0.3) is 27.6 Å². The van der Waals surface area contributed by atoms with E-state index in [1.165, 1.54) is 6.20 Å². The van der Waals surface area contributed by atoms with Crippen LogP contribution in [0.15, 0.2) is 76.4 Å². The summed E-state index contributed by atoms with van der Waals surface area (Å²) in [4.78, 5) is 17.0. The van der Waals surface area contributed by atoms with E-state index in [-0.39, 0.29) is 18.3 Å². The molecule has 0 radical (unpaired) electrons. The van der Waals surface area contributed by atoms with Crippen LogP contribution in [0, 0.1) is 0 Å². The SMILES string of the molecule is C=C(C)B1OC(C)(C)C(C)(C)O1.C=C(C)c1cnc2ccc(Br)cc2n1.Clc1cnc2ccc(Br)cc2n1. The first-order chi connectivity index (χ1) is 17.7. The molecule has 1 aliphatic rings. The molecule has 0 unspecified atom stereocenters. The number of halogens is 3. The number of nitrogens with zero attached hydrogens (tertiary/aromatic N) is 4. The van der Waals surface area contributed by atoms with Gasteiger partial charge in [0.2, 0.25) is 0 Å². The molecule has 0 atom stereocenters. The van der Waals surface area contributed by atoms with Crippen LogP contribution in [0.4, 0.5) is 0 Å². The van der Waals surface area contributed by atoms with E-state index in [2.05, 4.69) is 65.0 Å². The second-order valence-electron chi connectivity index (χ2n) is 9.93. The van der Waals surface area contributed by atoms with Crippen LogP contribution < -0.4 is 0 Å². The van der Waals surface area contributed by atoms with Gasteiger partial charge in [-0.05, 0) is 83.5 Å². The van der Waals surface area contributed by atoms with E-state index in [1.54, 1.807) is 6.20 Å². The van der Waals surface area contributed by atoms with Gasteiger partial charge < -0.3 is 9.31 Å². The molecule has 0 amide bonds. The Bertz CT molecular complexity index is 1440. The van der Waals surface area contributed by atoms with Crippen LogP contribution in [-0.2, 0) is 9.31 Å². The van der Waals surface area contributed by atoms with E-state index < -0.39 is 0 Å². The Morgan fingerprint density at radius 3 is 1.71 bits per heavy atom. The molecule has 1 aliphatic heterocycles. The molecule has 5 rings (SSSR count). The molecular weight excluding hydrogens is 630 g/mol. The van der Waals surface area contributed by atoms with Crippen molar-refractivity contribution in [1.82, 2.24) is 19.9 Å². The van der Waals surface area contributed by atoms with E-state index in [4.69, 9.17) is 20.9 Å². The zero-order chi connectivity index (χ0) is 28.3. The van der Waals surface area contributed by atoms with Crippen molar-refractivity contribution in [2.45, 2.75) is 52.7 Å². The van der Waals surface area contributed by atoms with Crippen molar-refractivity contribution in [3.05, 3.63) is 87.2 Å². The maximum Gasteiger partial charge on any atom is 0.489 e. The quantitative estimate of drug-likeness (QED) is 0.201. The van der Waals surface area contributed by atoms with Crippen LogP contribution in [0.5, 0.6) is 0 Å². The summed E-state index contributed by atoms with van der Waals surface area (Å²) in [5.41, 5.74) is 5.66. The third-order valence-corrected chi connectivity index (χ3v) is 7.24. The first-order valence-electron chi connectivity index (χ1n) is 11.9. The molecular formula is C28H30BBr2ClN4O2. The molecule has 1 saturated heterocycles. The number of rotatable bonds is 2. The van der Waals surface area contributed by atoms with Gasteiger partial charge >= 0.3 is 7.12 Å². The normalized spacial score (nSPS) is 15.3. The molecule has 10 heteroatoms. The first-order valence-corrected chi connectivity index (χ1v) is 13.8. The Morgan fingerprint density at radius 1 is 0.789 bits per heavy atom. The van der Waals surface area contributed by atoms with Gasteiger partial charge in [-0.1, -0.05) is 55.5 Å². The summed E-state index contributed by atoms with van der Waals surface area (Å²) in [6, 6.07) is 11.5. The standard InChI is InChI=1S/C11H9BrN2.C9H17BO2.C8H4BrClN2/c1-7(2)11-6-13-9-4-3-8(12)5-10(9)14-11;1-7(2)10-11-8(3,4)9(5,6)12-10;9-5-1-2-6-7(3-5)12-8(10)4-11-6/h3-6H,1H2,2H3;1H2,2-6H3;1-4H. The Balaban J connectivity index is 0.000000159. The van der Waals surface area contributed by atoms with Gasteiger partial charge in [-0.3, -0.25) is 9.97 Å². The van der Waals surface area contributed by atoms with Crippen molar-refractivity contribution in [3.63, 3.8) is 0 Å². The zero-order valence-corrected chi connectivity index (χ0v) is 26.3. The maximum atomic E-state index is 5.70. The van der Waals surface area contributed by atoms with Crippen LogP contribution in [-0.4, -0.2) is 38.3 Å². The molecule has 3 heterocycles. The average Bonchev–Trinajstić information content (AvgIpc) is 3.06. The molecule has 6 nitrogen and oxygen atoms in total. The van der Waals surface area contributed by atoms with E-state index in [0.717, 1.165) is 47.8 Å². The van der Waals surface area contributed by atoms with Crippen molar-refractivity contribution in [2.75, 3.05) is 0 Å². The summed E-state index contributed by atoms with van der Waals surface area (Å²) in [5, 5.41) is 0.417. The summed E-state index contributed by atoms with van der Waals surface area (Å²) in [7, 11) is -0.241. The van der Waals surface area contributed by atoms with Crippen LogP contribution in [0.2, 0.25) is 5.15 Å². The number of hydrogen-bond donors (Lipinski definition) is 0. The van der Waals surface area contributed by atoms with Gasteiger partial charge in [0.05, 0.1) is 51.4 Å². The topological polar surface area (TPSA) is 70.0 Å². The predicted molar refractivity (Wildman–Crippen MR) is 165 cm³/mol. The lowest BCUT2D eigenvalue weighted by Crippen LogP contribution is -2.41. The third-order valence-electron chi connectivity index (χ3n) is 6.07. The molecule has 2 aromatic heterocycles. The largest absolute Gasteiger partial charge is 0.489 e. The molecule has 1 fully saturated rings. The summed E-state index contributed by atoms with van der Waals surface area (Å²) in [6.07, 6.45) is 3.29. The molecule has 4 aromatic rings. The molecule has 38 heavy (non-hydrogen) atoms. The molecule has 198 valence electrons. The molecule has 0 bridgehead atoms. The lowest BCUT2D eigenvalue weighted by Gasteiger charge is -2.32. The van der Waals surface area contributed by atoms with Crippen molar-refractivity contribution in [3.8, 4) is 0 Å². The monoisotopic (exact) mass is 658 g/mol. The Morgan fingerprint density at radius 2 is 1.26 bits per heavy atom. The van der Waals surface area contributed by atoms with Crippen molar-refractivity contribution >= 4 is 78.2 Å². The molecule has 0 N–H and O–H groups in total. The van der Waals surface area contributed by atoms with E-state index in [1.807, 2.05) is 77.9 Å². The van der Waals surface area contributed by atoms with Crippen molar-refractivity contribution < 1.29 is 9.31 Å². The van der Waals surface area contributed by atoms with Gasteiger partial charge in [-0.25, -0.2) is 9.97 Å². The first kappa shape index (κ1) is 30.4. The molecule has 0 aliphatic carbocycles. The second-order valence-corrected chi connectivity index (χ2v) is 12.1. The minimum Gasteiger partial charge on any atom is -0.400 e.